The lowest BCUT2D eigenvalue weighted by Gasteiger charge is -2.07. The maximum absolute atomic E-state index is 12.3. The Morgan fingerprint density at radius 2 is 1.78 bits per heavy atom. The fourth-order valence-electron chi connectivity index (χ4n) is 2.37. The van der Waals surface area contributed by atoms with E-state index in [1.165, 1.54) is 6.08 Å². The molecule has 1 heterocycles. The van der Waals surface area contributed by atoms with Crippen molar-refractivity contribution in [3.63, 3.8) is 0 Å². The topological polar surface area (TPSA) is 68.4 Å². The molecule has 0 aliphatic rings. The summed E-state index contributed by atoms with van der Waals surface area (Å²) in [6.07, 6.45) is 3.02. The van der Waals surface area contributed by atoms with Gasteiger partial charge in [-0.15, -0.1) is 0 Å². The van der Waals surface area contributed by atoms with Gasteiger partial charge in [-0.05, 0) is 49.2 Å². The summed E-state index contributed by atoms with van der Waals surface area (Å²) >= 11 is 0. The smallest absolute Gasteiger partial charge is 0.259 e. The molecule has 23 heavy (non-hydrogen) atoms. The number of nitrogens with one attached hydrogen (secondary N) is 1. The normalized spacial score (nSPS) is 10.8. The first-order valence-electron chi connectivity index (χ1n) is 7.11. The van der Waals surface area contributed by atoms with Crippen molar-refractivity contribution >= 4 is 11.9 Å². The highest BCUT2D eigenvalue weighted by Crippen LogP contribution is 2.28. The minimum Gasteiger partial charge on any atom is -0.493 e. The van der Waals surface area contributed by atoms with Crippen molar-refractivity contribution in [2.45, 2.75) is 13.8 Å². The van der Waals surface area contributed by atoms with E-state index < -0.39 is 0 Å². The third kappa shape index (κ3) is 3.69. The molecule has 0 fully saturated rings. The van der Waals surface area contributed by atoms with Gasteiger partial charge in [-0.1, -0.05) is 12.1 Å². The standard InChI is InChI=1S/C18H19NO4/c1-11-9-12(2)19-18(21)17(11)14(20)7-5-13-6-8-15(22-3)16(10-13)23-4/h5-10H,1-4H3,(H,19,21)/b7-5+. The SMILES string of the molecule is COc1ccc(/C=C/C(=O)c2c(C)cc(C)[nH]c2=O)cc1OC. The Kier molecular flexibility index (Phi) is 5.01. The molecule has 0 atom stereocenters. The number of aromatic amines is 1. The van der Waals surface area contributed by atoms with Crippen molar-refractivity contribution in [1.82, 2.24) is 4.98 Å². The Bertz CT molecular complexity index is 818. The Morgan fingerprint density at radius 1 is 1.09 bits per heavy atom. The highest BCUT2D eigenvalue weighted by Gasteiger charge is 2.11. The van der Waals surface area contributed by atoms with Crippen LogP contribution < -0.4 is 15.0 Å². The van der Waals surface area contributed by atoms with E-state index in [1.807, 2.05) is 0 Å². The van der Waals surface area contributed by atoms with Gasteiger partial charge in [-0.25, -0.2) is 0 Å². The number of ether oxygens (including phenoxy) is 2. The molecule has 5 heteroatoms. The first-order valence-corrected chi connectivity index (χ1v) is 7.11. The zero-order chi connectivity index (χ0) is 17.0. The number of ketones is 1. The second kappa shape index (κ2) is 6.96. The van der Waals surface area contributed by atoms with Crippen molar-refractivity contribution in [1.29, 1.82) is 0 Å². The third-order valence-corrected chi connectivity index (χ3v) is 3.45. The van der Waals surface area contributed by atoms with Gasteiger partial charge in [0.15, 0.2) is 17.3 Å². The van der Waals surface area contributed by atoms with Gasteiger partial charge in [-0.2, -0.15) is 0 Å². The van der Waals surface area contributed by atoms with E-state index in [9.17, 15) is 9.59 Å². The second-order valence-electron chi connectivity index (χ2n) is 5.15. The van der Waals surface area contributed by atoms with Crippen molar-refractivity contribution in [2.24, 2.45) is 0 Å². The summed E-state index contributed by atoms with van der Waals surface area (Å²) in [5, 5.41) is 0. The van der Waals surface area contributed by atoms with E-state index in [-0.39, 0.29) is 16.9 Å². The summed E-state index contributed by atoms with van der Waals surface area (Å²) in [5.41, 5.74) is 1.95. The summed E-state index contributed by atoms with van der Waals surface area (Å²) < 4.78 is 10.4. The number of hydrogen-bond acceptors (Lipinski definition) is 4. The van der Waals surface area contributed by atoms with Crippen LogP contribution in [-0.4, -0.2) is 25.0 Å². The van der Waals surface area contributed by atoms with Gasteiger partial charge in [0, 0.05) is 5.69 Å². The van der Waals surface area contributed by atoms with Crippen molar-refractivity contribution in [2.75, 3.05) is 14.2 Å². The molecular weight excluding hydrogens is 294 g/mol. The Morgan fingerprint density at radius 3 is 2.39 bits per heavy atom. The lowest BCUT2D eigenvalue weighted by molar-refractivity contribution is 0.104. The van der Waals surface area contributed by atoms with E-state index in [0.717, 1.165) is 11.3 Å². The van der Waals surface area contributed by atoms with E-state index >= 15 is 0 Å². The molecule has 0 aliphatic carbocycles. The molecule has 2 rings (SSSR count). The van der Waals surface area contributed by atoms with Crippen molar-refractivity contribution < 1.29 is 14.3 Å². The van der Waals surface area contributed by atoms with Gasteiger partial charge in [0.25, 0.3) is 5.56 Å². The Hall–Kier alpha value is -2.82. The average Bonchev–Trinajstić information content (AvgIpc) is 2.51. The molecule has 0 saturated heterocycles. The summed E-state index contributed by atoms with van der Waals surface area (Å²) in [5.74, 6) is 0.854. The summed E-state index contributed by atoms with van der Waals surface area (Å²) in [7, 11) is 3.11. The largest absolute Gasteiger partial charge is 0.493 e. The molecule has 0 aliphatic heterocycles. The maximum atomic E-state index is 12.3. The van der Waals surface area contributed by atoms with Crippen LogP contribution in [0.3, 0.4) is 0 Å². The molecular formula is C18H19NO4. The summed E-state index contributed by atoms with van der Waals surface area (Å²) in [6.45, 7) is 3.53. The molecule has 1 aromatic heterocycles. The van der Waals surface area contributed by atoms with E-state index in [0.29, 0.717) is 17.1 Å². The fraction of sp³-hybridized carbons (Fsp3) is 0.222. The highest BCUT2D eigenvalue weighted by molar-refractivity contribution is 6.07. The highest BCUT2D eigenvalue weighted by atomic mass is 16.5. The van der Waals surface area contributed by atoms with Crippen LogP contribution in [0.25, 0.3) is 6.08 Å². The van der Waals surface area contributed by atoms with Crippen molar-refractivity contribution in [3.8, 4) is 11.5 Å². The quantitative estimate of drug-likeness (QED) is 0.681. The van der Waals surface area contributed by atoms with Gasteiger partial charge in [0.1, 0.15) is 0 Å². The molecule has 0 bridgehead atoms. The minimum atomic E-state index is -0.371. The number of pyridine rings is 1. The molecule has 120 valence electrons. The fourth-order valence-corrected chi connectivity index (χ4v) is 2.37. The minimum absolute atomic E-state index is 0.160. The van der Waals surface area contributed by atoms with E-state index in [1.54, 1.807) is 58.4 Å². The Balaban J connectivity index is 2.30. The number of hydrogen-bond donors (Lipinski definition) is 1. The van der Waals surface area contributed by atoms with E-state index in [4.69, 9.17) is 9.47 Å². The maximum Gasteiger partial charge on any atom is 0.259 e. The van der Waals surface area contributed by atoms with Gasteiger partial charge < -0.3 is 14.5 Å². The van der Waals surface area contributed by atoms with Crippen LogP contribution in [0.5, 0.6) is 11.5 Å². The lowest BCUT2D eigenvalue weighted by atomic mass is 10.0. The molecule has 0 saturated carbocycles. The molecule has 2 aromatic rings. The van der Waals surface area contributed by atoms with Gasteiger partial charge >= 0.3 is 0 Å². The van der Waals surface area contributed by atoms with Crippen LogP contribution in [0.1, 0.15) is 27.2 Å². The van der Waals surface area contributed by atoms with Gasteiger partial charge in [0.05, 0.1) is 19.8 Å². The molecule has 0 spiro atoms. The predicted molar refractivity (Wildman–Crippen MR) is 89.4 cm³/mol. The van der Waals surface area contributed by atoms with Crippen LogP contribution in [0.15, 0.2) is 35.1 Å². The van der Waals surface area contributed by atoms with Crippen LogP contribution >= 0.6 is 0 Å². The molecule has 1 N–H and O–H groups in total. The lowest BCUT2D eigenvalue weighted by Crippen LogP contribution is -2.19. The van der Waals surface area contributed by atoms with Crippen molar-refractivity contribution in [3.05, 3.63) is 63.1 Å². The number of methoxy groups -OCH3 is 2. The zero-order valence-corrected chi connectivity index (χ0v) is 13.6. The number of benzene rings is 1. The first kappa shape index (κ1) is 16.5. The number of aromatic nitrogens is 1. The third-order valence-electron chi connectivity index (χ3n) is 3.45. The second-order valence-corrected chi connectivity index (χ2v) is 5.15. The predicted octanol–water partition coefficient (Wildman–Crippen LogP) is 2.91. The molecule has 1 aromatic carbocycles. The van der Waals surface area contributed by atoms with Crippen LogP contribution in [0.4, 0.5) is 0 Å². The number of rotatable bonds is 5. The van der Waals surface area contributed by atoms with Crippen LogP contribution in [0.2, 0.25) is 0 Å². The first-order chi connectivity index (χ1) is 11.0. The number of aryl methyl sites for hydroxylation is 2. The van der Waals surface area contributed by atoms with Gasteiger partial charge in [0.2, 0.25) is 0 Å². The summed E-state index contributed by atoms with van der Waals surface area (Å²) in [4.78, 5) is 26.9. The number of allylic oxidation sites excluding steroid dienone is 1. The average molecular weight is 313 g/mol. The van der Waals surface area contributed by atoms with Crippen LogP contribution in [-0.2, 0) is 0 Å². The summed E-state index contributed by atoms with van der Waals surface area (Å²) in [6, 6.07) is 7.10. The number of carbonyl (C=O) groups excluding carboxylic acids is 1. The number of H-pyrrole nitrogens is 1. The monoisotopic (exact) mass is 313 g/mol. The molecule has 5 nitrogen and oxygen atoms in total. The molecule has 0 amide bonds. The van der Waals surface area contributed by atoms with Crippen LogP contribution in [0, 0.1) is 13.8 Å². The van der Waals surface area contributed by atoms with Gasteiger partial charge in [-0.3, -0.25) is 9.59 Å². The van der Waals surface area contributed by atoms with E-state index in [2.05, 4.69) is 4.98 Å². The Labute approximate surface area is 134 Å². The zero-order valence-electron chi connectivity index (χ0n) is 13.6. The number of carbonyl (C=O) groups is 1. The molecule has 0 radical (unpaired) electrons. The molecule has 0 unspecified atom stereocenters.